The molecular weight excluding hydrogens is 597 g/mol. The molecule has 0 heterocycles. The summed E-state index contributed by atoms with van der Waals surface area (Å²) in [4.78, 5) is 4.62. The number of rotatable bonds is 7. The Balaban J connectivity index is 1.13. The summed E-state index contributed by atoms with van der Waals surface area (Å²) >= 11 is 0. The molecule has 8 nitrogen and oxygen atoms in total. The summed E-state index contributed by atoms with van der Waals surface area (Å²) in [5, 5.41) is 3.54. The summed E-state index contributed by atoms with van der Waals surface area (Å²) in [6.45, 7) is 0. The van der Waals surface area contributed by atoms with E-state index >= 15 is 0 Å². The van der Waals surface area contributed by atoms with Crippen LogP contribution in [0.25, 0.3) is 22.3 Å². The molecule has 1 unspecified atom stereocenters. The van der Waals surface area contributed by atoms with Crippen molar-refractivity contribution in [1.82, 2.24) is 0 Å². The third-order valence-electron chi connectivity index (χ3n) is 7.96. The van der Waals surface area contributed by atoms with Gasteiger partial charge in [-0.05, 0) is 120 Å². The first-order valence-electron chi connectivity index (χ1n) is 14.1. The molecule has 0 radical (unpaired) electrons. The fourth-order valence-electron chi connectivity index (χ4n) is 5.60. The molecule has 2 aliphatic carbocycles. The first kappa shape index (κ1) is 29.7. The molecule has 1 atom stereocenters. The first-order chi connectivity index (χ1) is 21.0. The minimum atomic E-state index is -4.22. The van der Waals surface area contributed by atoms with Gasteiger partial charge in [0.05, 0.1) is 15.5 Å². The molecule has 0 aliphatic heterocycles. The average molecular weight is 627 g/mol. The second kappa shape index (κ2) is 12.0. The highest BCUT2D eigenvalue weighted by Gasteiger charge is 2.23. The molecule has 0 aromatic heterocycles. The van der Waals surface area contributed by atoms with Gasteiger partial charge < -0.3 is 5.32 Å². The van der Waals surface area contributed by atoms with Crippen molar-refractivity contribution in [2.24, 2.45) is 10.9 Å². The van der Waals surface area contributed by atoms with Gasteiger partial charge in [-0.2, -0.15) is 16.8 Å². The fourth-order valence-corrected chi connectivity index (χ4v) is 6.56. The molecule has 2 aliphatic rings. The third-order valence-corrected chi connectivity index (χ3v) is 9.69. The Morgan fingerprint density at radius 1 is 0.591 bits per heavy atom. The molecule has 0 bridgehead atoms. The molecule has 6 rings (SSSR count). The van der Waals surface area contributed by atoms with Crippen molar-refractivity contribution in [3.05, 3.63) is 120 Å². The SMILES string of the molecule is O=S(=O)(O)c1ccc(-c2ccc(/N=C3/C=C4C=C(Nc5ccc(-c6ccc(S(=O)(=O)O)cc6)cc5)CCC4CC3)cc2)cc1. The Kier molecular flexibility index (Phi) is 8.08. The average Bonchev–Trinajstić information content (AvgIpc) is 3.01. The highest BCUT2D eigenvalue weighted by atomic mass is 32.2. The van der Waals surface area contributed by atoms with Crippen LogP contribution < -0.4 is 5.32 Å². The lowest BCUT2D eigenvalue weighted by atomic mass is 9.79. The number of anilines is 1. The van der Waals surface area contributed by atoms with E-state index in [4.69, 9.17) is 4.99 Å². The van der Waals surface area contributed by atoms with Gasteiger partial charge in [-0.25, -0.2) is 0 Å². The first-order valence-corrected chi connectivity index (χ1v) is 17.0. The normalized spacial score (nSPS) is 17.9. The number of nitrogens with one attached hydrogen (secondary N) is 1. The zero-order valence-corrected chi connectivity index (χ0v) is 25.2. The van der Waals surface area contributed by atoms with Gasteiger partial charge in [0.25, 0.3) is 20.2 Å². The van der Waals surface area contributed by atoms with Crippen LogP contribution >= 0.6 is 0 Å². The lowest BCUT2D eigenvalue weighted by molar-refractivity contribution is 0.481. The Hall–Kier alpha value is -4.35. The van der Waals surface area contributed by atoms with E-state index in [1.54, 1.807) is 24.3 Å². The van der Waals surface area contributed by atoms with Crippen LogP contribution in [0.1, 0.15) is 25.7 Å². The van der Waals surface area contributed by atoms with Crippen molar-refractivity contribution in [1.29, 1.82) is 0 Å². The van der Waals surface area contributed by atoms with Gasteiger partial charge in [0.15, 0.2) is 0 Å². The van der Waals surface area contributed by atoms with Crippen molar-refractivity contribution in [3.8, 4) is 22.3 Å². The highest BCUT2D eigenvalue weighted by Crippen LogP contribution is 2.36. The zero-order valence-electron chi connectivity index (χ0n) is 23.6. The number of aliphatic imine (C=N–C) groups is 1. The molecule has 4 aromatic carbocycles. The smallest absolute Gasteiger partial charge is 0.294 e. The van der Waals surface area contributed by atoms with Crippen LogP contribution in [0.2, 0.25) is 0 Å². The quantitative estimate of drug-likeness (QED) is 0.179. The molecule has 0 spiro atoms. The Morgan fingerprint density at radius 3 is 1.55 bits per heavy atom. The second-order valence-electron chi connectivity index (χ2n) is 10.9. The molecule has 0 fully saturated rings. The predicted molar refractivity (Wildman–Crippen MR) is 172 cm³/mol. The maximum absolute atomic E-state index is 11.3. The Morgan fingerprint density at radius 2 is 1.05 bits per heavy atom. The molecule has 0 amide bonds. The maximum atomic E-state index is 11.3. The van der Waals surface area contributed by atoms with Crippen molar-refractivity contribution >= 4 is 37.3 Å². The van der Waals surface area contributed by atoms with Crippen LogP contribution in [-0.2, 0) is 20.2 Å². The molecule has 44 heavy (non-hydrogen) atoms. The largest absolute Gasteiger partial charge is 0.359 e. The van der Waals surface area contributed by atoms with Gasteiger partial charge >= 0.3 is 0 Å². The Bertz CT molecular complexity index is 2000. The molecular formula is C34H30N2O6S2. The number of hydrogen-bond acceptors (Lipinski definition) is 6. The van der Waals surface area contributed by atoms with E-state index in [0.717, 1.165) is 70.7 Å². The van der Waals surface area contributed by atoms with E-state index in [9.17, 15) is 25.9 Å². The summed E-state index contributed by atoms with van der Waals surface area (Å²) < 4.78 is 63.6. The van der Waals surface area contributed by atoms with Crippen LogP contribution in [0.5, 0.6) is 0 Å². The summed E-state index contributed by atoms with van der Waals surface area (Å²) in [7, 11) is -8.44. The summed E-state index contributed by atoms with van der Waals surface area (Å²) in [5.74, 6) is 0.515. The minimum Gasteiger partial charge on any atom is -0.359 e. The van der Waals surface area contributed by atoms with Crippen LogP contribution in [0.4, 0.5) is 11.4 Å². The van der Waals surface area contributed by atoms with E-state index in [0.29, 0.717) is 5.92 Å². The van der Waals surface area contributed by atoms with Crippen LogP contribution in [0.3, 0.4) is 0 Å². The zero-order chi connectivity index (χ0) is 30.9. The second-order valence-corrected chi connectivity index (χ2v) is 13.8. The van der Waals surface area contributed by atoms with E-state index in [-0.39, 0.29) is 9.79 Å². The lowest BCUT2D eigenvalue weighted by Gasteiger charge is -2.29. The van der Waals surface area contributed by atoms with Crippen molar-refractivity contribution < 1.29 is 25.9 Å². The lowest BCUT2D eigenvalue weighted by Crippen LogP contribution is -2.18. The van der Waals surface area contributed by atoms with Crippen LogP contribution in [0, 0.1) is 5.92 Å². The van der Waals surface area contributed by atoms with E-state index in [1.807, 2.05) is 48.5 Å². The summed E-state index contributed by atoms with van der Waals surface area (Å²) in [5.41, 5.74) is 8.82. The van der Waals surface area contributed by atoms with Crippen LogP contribution in [0.15, 0.2) is 135 Å². The summed E-state index contributed by atoms with van der Waals surface area (Å²) in [6, 6.07) is 27.9. The maximum Gasteiger partial charge on any atom is 0.294 e. The molecule has 3 N–H and O–H groups in total. The standard InChI is InChI=1S/C34H30N2O6S2/c37-43(38,39)33-17-7-25(8-18-33)23-1-11-29(12-2-23)35-31-15-5-27-6-16-32(22-28(27)21-31)36-30-13-3-24(4-14-30)26-9-19-34(20-10-26)44(40,41)42/h1-4,7-14,17-22,27,35H,5-6,15-16H2,(H,37,38,39)(H,40,41,42)/b36-32+. The topological polar surface area (TPSA) is 133 Å². The fraction of sp³-hybridized carbons (Fsp3) is 0.147. The summed E-state index contributed by atoms with van der Waals surface area (Å²) in [6.07, 6.45) is 8.41. The van der Waals surface area contributed by atoms with Gasteiger partial charge in [-0.1, -0.05) is 48.5 Å². The van der Waals surface area contributed by atoms with Crippen molar-refractivity contribution in [2.75, 3.05) is 5.32 Å². The van der Waals surface area contributed by atoms with Crippen molar-refractivity contribution in [3.63, 3.8) is 0 Å². The minimum absolute atomic E-state index is 0.130. The molecule has 0 saturated heterocycles. The molecule has 0 saturated carbocycles. The van der Waals surface area contributed by atoms with Gasteiger partial charge in [0.1, 0.15) is 0 Å². The highest BCUT2D eigenvalue weighted by molar-refractivity contribution is 7.86. The van der Waals surface area contributed by atoms with E-state index in [1.165, 1.54) is 29.8 Å². The van der Waals surface area contributed by atoms with Gasteiger partial charge in [-0.3, -0.25) is 14.1 Å². The van der Waals surface area contributed by atoms with Crippen molar-refractivity contribution in [2.45, 2.75) is 35.5 Å². The van der Waals surface area contributed by atoms with Crippen LogP contribution in [-0.4, -0.2) is 31.7 Å². The monoisotopic (exact) mass is 626 g/mol. The van der Waals surface area contributed by atoms with E-state index < -0.39 is 20.2 Å². The third kappa shape index (κ3) is 6.89. The molecule has 224 valence electrons. The number of fused-ring (bicyclic) bond motifs is 1. The number of nitrogens with zero attached hydrogens (tertiary/aromatic N) is 1. The predicted octanol–water partition coefficient (Wildman–Crippen LogP) is 7.71. The van der Waals surface area contributed by atoms with Gasteiger partial charge in [0, 0.05) is 17.1 Å². The van der Waals surface area contributed by atoms with Gasteiger partial charge in [-0.15, -0.1) is 0 Å². The molecule has 10 heteroatoms. The number of allylic oxidation sites excluding steroid dienone is 4. The van der Waals surface area contributed by atoms with Gasteiger partial charge in [0.2, 0.25) is 0 Å². The molecule has 4 aromatic rings. The Labute approximate surface area is 257 Å². The number of benzene rings is 4. The number of hydrogen-bond donors (Lipinski definition) is 3. The van der Waals surface area contributed by atoms with E-state index in [2.05, 4.69) is 17.5 Å².